The SMILES string of the molecule is COc1ncc(-c2ccc3ncc(C)c(=O)n3c2)cc1NS(=O)(=O)c1c(C)n[nH]c1C. The van der Waals surface area contributed by atoms with Crippen molar-refractivity contribution in [3.05, 3.63) is 64.1 Å². The second-order valence-corrected chi connectivity index (χ2v) is 8.66. The van der Waals surface area contributed by atoms with Crippen LogP contribution in [-0.2, 0) is 10.0 Å². The highest BCUT2D eigenvalue weighted by atomic mass is 32.2. The van der Waals surface area contributed by atoms with Gasteiger partial charge in [0.25, 0.3) is 15.6 Å². The van der Waals surface area contributed by atoms with E-state index in [1.165, 1.54) is 17.7 Å². The van der Waals surface area contributed by atoms with E-state index >= 15 is 0 Å². The molecule has 11 heteroatoms. The van der Waals surface area contributed by atoms with Gasteiger partial charge in [0.05, 0.1) is 18.5 Å². The Morgan fingerprint density at radius 3 is 2.55 bits per heavy atom. The molecular weight excluding hydrogens is 420 g/mol. The minimum absolute atomic E-state index is 0.0683. The third kappa shape index (κ3) is 3.63. The van der Waals surface area contributed by atoms with E-state index in [1.54, 1.807) is 51.4 Å². The Morgan fingerprint density at radius 2 is 1.87 bits per heavy atom. The summed E-state index contributed by atoms with van der Waals surface area (Å²) in [5, 5.41) is 6.61. The Labute approximate surface area is 178 Å². The van der Waals surface area contributed by atoms with Gasteiger partial charge in [0, 0.05) is 35.3 Å². The molecule has 0 radical (unpaired) electrons. The monoisotopic (exact) mass is 440 g/mol. The molecule has 0 aromatic carbocycles. The van der Waals surface area contributed by atoms with Crippen LogP contribution in [0, 0.1) is 20.8 Å². The molecule has 4 aromatic heterocycles. The molecule has 0 spiro atoms. The van der Waals surface area contributed by atoms with Gasteiger partial charge < -0.3 is 4.74 Å². The van der Waals surface area contributed by atoms with Crippen molar-refractivity contribution in [3.8, 4) is 17.0 Å². The van der Waals surface area contributed by atoms with E-state index in [-0.39, 0.29) is 22.0 Å². The highest BCUT2D eigenvalue weighted by Crippen LogP contribution is 2.31. The summed E-state index contributed by atoms with van der Waals surface area (Å²) in [5.74, 6) is 0.113. The van der Waals surface area contributed by atoms with Crippen LogP contribution in [0.15, 0.2) is 46.5 Å². The van der Waals surface area contributed by atoms with Crippen LogP contribution in [0.25, 0.3) is 16.8 Å². The molecule has 0 bridgehead atoms. The lowest BCUT2D eigenvalue weighted by molar-refractivity contribution is 0.400. The Bertz CT molecular complexity index is 1450. The van der Waals surface area contributed by atoms with Crippen molar-refractivity contribution in [2.24, 2.45) is 0 Å². The maximum atomic E-state index is 13.0. The molecule has 31 heavy (non-hydrogen) atoms. The van der Waals surface area contributed by atoms with Gasteiger partial charge in [-0.25, -0.2) is 18.4 Å². The van der Waals surface area contributed by atoms with Gasteiger partial charge in [0.1, 0.15) is 16.2 Å². The molecule has 0 atom stereocenters. The van der Waals surface area contributed by atoms with Gasteiger partial charge in [0.2, 0.25) is 5.88 Å². The van der Waals surface area contributed by atoms with Gasteiger partial charge in [-0.3, -0.25) is 19.0 Å². The molecular formula is C20H20N6O4S. The molecule has 0 aliphatic carbocycles. The number of sulfonamides is 1. The number of ether oxygens (including phenoxy) is 1. The van der Waals surface area contributed by atoms with Gasteiger partial charge in [-0.15, -0.1) is 0 Å². The van der Waals surface area contributed by atoms with Crippen LogP contribution < -0.4 is 15.0 Å². The molecule has 4 heterocycles. The molecule has 4 rings (SSSR count). The van der Waals surface area contributed by atoms with Crippen LogP contribution in [0.3, 0.4) is 0 Å². The Balaban J connectivity index is 1.81. The lowest BCUT2D eigenvalue weighted by Gasteiger charge is -2.13. The van der Waals surface area contributed by atoms with Gasteiger partial charge in [-0.2, -0.15) is 5.10 Å². The number of fused-ring (bicyclic) bond motifs is 1. The summed E-state index contributed by atoms with van der Waals surface area (Å²) in [5.41, 5.74) is 3.03. The highest BCUT2D eigenvalue weighted by molar-refractivity contribution is 7.92. The minimum atomic E-state index is -3.94. The quantitative estimate of drug-likeness (QED) is 0.486. The fraction of sp³-hybridized carbons (Fsp3) is 0.200. The molecule has 2 N–H and O–H groups in total. The Hall–Kier alpha value is -3.73. The normalized spacial score (nSPS) is 11.6. The fourth-order valence-corrected chi connectivity index (χ4v) is 4.74. The molecule has 10 nitrogen and oxygen atoms in total. The zero-order valence-electron chi connectivity index (χ0n) is 17.3. The van der Waals surface area contributed by atoms with Crippen LogP contribution >= 0.6 is 0 Å². The van der Waals surface area contributed by atoms with E-state index in [9.17, 15) is 13.2 Å². The molecule has 0 fully saturated rings. The molecule has 4 aromatic rings. The van der Waals surface area contributed by atoms with Crippen molar-refractivity contribution in [2.75, 3.05) is 11.8 Å². The lowest BCUT2D eigenvalue weighted by Crippen LogP contribution is -2.17. The first kappa shape index (κ1) is 20.5. The summed E-state index contributed by atoms with van der Waals surface area (Å²) < 4.78 is 35.2. The van der Waals surface area contributed by atoms with Crippen molar-refractivity contribution in [2.45, 2.75) is 25.7 Å². The molecule has 0 saturated carbocycles. The van der Waals surface area contributed by atoms with Gasteiger partial charge >= 0.3 is 0 Å². The molecule has 0 unspecified atom stereocenters. The van der Waals surface area contributed by atoms with Crippen molar-refractivity contribution < 1.29 is 13.2 Å². The first-order chi connectivity index (χ1) is 14.7. The molecule has 0 aliphatic rings. The van der Waals surface area contributed by atoms with E-state index in [0.29, 0.717) is 33.7 Å². The van der Waals surface area contributed by atoms with Crippen molar-refractivity contribution in [1.29, 1.82) is 0 Å². The van der Waals surface area contributed by atoms with Crippen molar-refractivity contribution in [1.82, 2.24) is 24.6 Å². The van der Waals surface area contributed by atoms with E-state index in [2.05, 4.69) is 24.9 Å². The zero-order chi connectivity index (χ0) is 22.3. The maximum Gasteiger partial charge on any atom is 0.265 e. The standard InChI is InChI=1S/C20H20N6O4S/c1-11-8-21-17-6-5-14(10-26(17)20(11)27)15-7-16(19(30-4)22-9-15)25-31(28,29)18-12(2)23-24-13(18)3/h5-10,25H,1-4H3,(H,23,24). The van der Waals surface area contributed by atoms with E-state index in [1.807, 2.05) is 0 Å². The first-order valence-electron chi connectivity index (χ1n) is 9.28. The van der Waals surface area contributed by atoms with Crippen LogP contribution in [0.1, 0.15) is 17.0 Å². The zero-order valence-corrected chi connectivity index (χ0v) is 18.1. The predicted molar refractivity (Wildman–Crippen MR) is 115 cm³/mol. The lowest BCUT2D eigenvalue weighted by atomic mass is 10.1. The minimum Gasteiger partial charge on any atom is -0.480 e. The third-order valence-corrected chi connectivity index (χ3v) is 6.45. The number of H-pyrrole nitrogens is 1. The topological polar surface area (TPSA) is 131 Å². The number of aromatic nitrogens is 5. The number of hydrogen-bond acceptors (Lipinski definition) is 7. The van der Waals surface area contributed by atoms with E-state index in [0.717, 1.165) is 0 Å². The second-order valence-electron chi connectivity index (χ2n) is 7.04. The van der Waals surface area contributed by atoms with Gasteiger partial charge in [0.15, 0.2) is 0 Å². The molecule has 0 saturated heterocycles. The average molecular weight is 440 g/mol. The fourth-order valence-electron chi connectivity index (χ4n) is 3.32. The number of nitrogens with zero attached hydrogens (tertiary/aromatic N) is 4. The van der Waals surface area contributed by atoms with Crippen LogP contribution in [0.2, 0.25) is 0 Å². The number of anilines is 1. The van der Waals surface area contributed by atoms with Gasteiger partial charge in [-0.05, 0) is 39.0 Å². The second kappa shape index (κ2) is 7.51. The number of nitrogens with one attached hydrogen (secondary N) is 2. The summed E-state index contributed by atoms with van der Waals surface area (Å²) in [6.07, 6.45) is 4.71. The number of methoxy groups -OCH3 is 1. The summed E-state index contributed by atoms with van der Waals surface area (Å²) in [6.45, 7) is 4.92. The van der Waals surface area contributed by atoms with E-state index in [4.69, 9.17) is 4.74 Å². The smallest absolute Gasteiger partial charge is 0.265 e. The van der Waals surface area contributed by atoms with Crippen LogP contribution in [0.4, 0.5) is 5.69 Å². The number of aromatic amines is 1. The van der Waals surface area contributed by atoms with Crippen LogP contribution in [0.5, 0.6) is 5.88 Å². The van der Waals surface area contributed by atoms with E-state index < -0.39 is 10.0 Å². The Morgan fingerprint density at radius 1 is 1.10 bits per heavy atom. The van der Waals surface area contributed by atoms with Gasteiger partial charge in [-0.1, -0.05) is 0 Å². The summed E-state index contributed by atoms with van der Waals surface area (Å²) >= 11 is 0. The summed E-state index contributed by atoms with van der Waals surface area (Å²) in [6, 6.07) is 5.09. The number of pyridine rings is 2. The predicted octanol–water partition coefficient (Wildman–Crippen LogP) is 2.21. The number of rotatable bonds is 5. The highest BCUT2D eigenvalue weighted by Gasteiger charge is 2.24. The maximum absolute atomic E-state index is 13.0. The number of hydrogen-bond donors (Lipinski definition) is 2. The van der Waals surface area contributed by atoms with Crippen molar-refractivity contribution >= 4 is 21.4 Å². The number of aryl methyl sites for hydroxylation is 3. The third-order valence-electron chi connectivity index (χ3n) is 4.82. The van der Waals surface area contributed by atoms with Crippen molar-refractivity contribution in [3.63, 3.8) is 0 Å². The summed E-state index contributed by atoms with van der Waals surface area (Å²) in [7, 11) is -2.54. The largest absolute Gasteiger partial charge is 0.480 e. The molecule has 0 aliphatic heterocycles. The molecule has 160 valence electrons. The average Bonchev–Trinajstić information content (AvgIpc) is 3.09. The molecule has 0 amide bonds. The Kier molecular flexibility index (Phi) is 4.97. The summed E-state index contributed by atoms with van der Waals surface area (Å²) in [4.78, 5) is 21.0. The first-order valence-corrected chi connectivity index (χ1v) is 10.8. The van der Waals surface area contributed by atoms with Crippen LogP contribution in [-0.4, -0.2) is 40.1 Å².